The summed E-state index contributed by atoms with van der Waals surface area (Å²) in [6, 6.07) is 1.30. The Morgan fingerprint density at radius 3 is 2.53 bits per heavy atom. The molecule has 1 unspecified atom stereocenters. The number of nitrogens with one attached hydrogen (secondary N) is 1. The topological polar surface area (TPSA) is 55.2 Å². The zero-order chi connectivity index (χ0) is 11.0. The van der Waals surface area contributed by atoms with Crippen molar-refractivity contribution in [1.82, 2.24) is 5.32 Å². The summed E-state index contributed by atoms with van der Waals surface area (Å²) in [4.78, 5) is 9.39. The number of benzene rings is 1. The molecule has 1 aliphatic heterocycles. The first kappa shape index (κ1) is 9.97. The molecule has 1 heterocycles. The standard InChI is InChI=1S/C9H8F2N2O2/c10-6-4-9(13(14)15)7(11)3-5(6)8-1-2-12-8/h3-4,8,12H,1-2H2. The highest BCUT2D eigenvalue weighted by atomic mass is 19.1. The van der Waals surface area contributed by atoms with E-state index in [0.717, 1.165) is 12.6 Å². The van der Waals surface area contributed by atoms with Crippen molar-refractivity contribution in [3.63, 3.8) is 0 Å². The molecule has 0 radical (unpaired) electrons. The molecular formula is C9H8F2N2O2. The molecule has 0 spiro atoms. The number of nitro groups is 1. The lowest BCUT2D eigenvalue weighted by atomic mass is 9.97. The molecule has 0 amide bonds. The first-order chi connectivity index (χ1) is 7.09. The van der Waals surface area contributed by atoms with E-state index in [-0.39, 0.29) is 11.6 Å². The minimum atomic E-state index is -0.995. The number of nitro benzene ring substituents is 1. The Morgan fingerprint density at radius 1 is 1.40 bits per heavy atom. The van der Waals surface area contributed by atoms with Crippen LogP contribution in [0.25, 0.3) is 0 Å². The Hall–Kier alpha value is -1.56. The van der Waals surface area contributed by atoms with Crippen molar-refractivity contribution in [2.24, 2.45) is 0 Å². The Bertz CT molecular complexity index is 419. The summed E-state index contributed by atoms with van der Waals surface area (Å²) in [6.07, 6.45) is 0.716. The van der Waals surface area contributed by atoms with Crippen LogP contribution in [0.4, 0.5) is 14.5 Å². The van der Waals surface area contributed by atoms with Crippen LogP contribution in [0.1, 0.15) is 18.0 Å². The fourth-order valence-electron chi connectivity index (χ4n) is 1.51. The maximum atomic E-state index is 13.4. The fraction of sp³-hybridized carbons (Fsp3) is 0.333. The number of halogens is 2. The van der Waals surface area contributed by atoms with Crippen molar-refractivity contribution >= 4 is 5.69 Å². The molecule has 15 heavy (non-hydrogen) atoms. The van der Waals surface area contributed by atoms with E-state index in [0.29, 0.717) is 12.5 Å². The second-order valence-corrected chi connectivity index (χ2v) is 3.38. The number of hydrogen-bond acceptors (Lipinski definition) is 3. The van der Waals surface area contributed by atoms with Gasteiger partial charge >= 0.3 is 5.69 Å². The van der Waals surface area contributed by atoms with E-state index in [1.165, 1.54) is 0 Å². The molecule has 6 heteroatoms. The average Bonchev–Trinajstić information content (AvgIpc) is 2.07. The zero-order valence-corrected chi connectivity index (χ0v) is 7.67. The Balaban J connectivity index is 2.42. The molecule has 0 aliphatic carbocycles. The van der Waals surface area contributed by atoms with Gasteiger partial charge in [-0.3, -0.25) is 10.1 Å². The molecule has 1 saturated heterocycles. The van der Waals surface area contributed by atoms with E-state index in [1.54, 1.807) is 0 Å². The molecule has 1 fully saturated rings. The fourth-order valence-corrected chi connectivity index (χ4v) is 1.51. The predicted molar refractivity (Wildman–Crippen MR) is 48.4 cm³/mol. The van der Waals surface area contributed by atoms with Crippen LogP contribution in [0.5, 0.6) is 0 Å². The Labute approximate surface area is 84.1 Å². The van der Waals surface area contributed by atoms with Gasteiger partial charge in [0.1, 0.15) is 5.82 Å². The third kappa shape index (κ3) is 1.68. The monoisotopic (exact) mass is 214 g/mol. The maximum absolute atomic E-state index is 13.4. The second kappa shape index (κ2) is 3.54. The highest BCUT2D eigenvalue weighted by Crippen LogP contribution is 2.29. The number of hydrogen-bond donors (Lipinski definition) is 1. The molecule has 80 valence electrons. The maximum Gasteiger partial charge on any atom is 0.307 e. The highest BCUT2D eigenvalue weighted by molar-refractivity contribution is 5.38. The van der Waals surface area contributed by atoms with Crippen LogP contribution in [0.2, 0.25) is 0 Å². The lowest BCUT2D eigenvalue weighted by Gasteiger charge is -2.28. The lowest BCUT2D eigenvalue weighted by molar-refractivity contribution is -0.387. The summed E-state index contributed by atoms with van der Waals surface area (Å²) in [7, 11) is 0. The van der Waals surface area contributed by atoms with Crippen LogP contribution < -0.4 is 5.32 Å². The van der Waals surface area contributed by atoms with Crippen molar-refractivity contribution < 1.29 is 13.7 Å². The van der Waals surface area contributed by atoms with Gasteiger partial charge in [0.2, 0.25) is 5.82 Å². The van der Waals surface area contributed by atoms with Gasteiger partial charge in [0.05, 0.1) is 11.0 Å². The molecule has 1 aliphatic rings. The van der Waals surface area contributed by atoms with Crippen LogP contribution in [0.3, 0.4) is 0 Å². The van der Waals surface area contributed by atoms with Crippen molar-refractivity contribution in [3.8, 4) is 0 Å². The van der Waals surface area contributed by atoms with Crippen molar-refractivity contribution in [2.75, 3.05) is 6.54 Å². The first-order valence-electron chi connectivity index (χ1n) is 4.46. The third-order valence-electron chi connectivity index (χ3n) is 2.46. The van der Waals surface area contributed by atoms with E-state index in [9.17, 15) is 18.9 Å². The van der Waals surface area contributed by atoms with Crippen molar-refractivity contribution in [3.05, 3.63) is 39.4 Å². The number of rotatable bonds is 2. The van der Waals surface area contributed by atoms with Gasteiger partial charge in [-0.2, -0.15) is 4.39 Å². The van der Waals surface area contributed by atoms with Gasteiger partial charge in [0.15, 0.2) is 0 Å². The van der Waals surface area contributed by atoms with Gasteiger partial charge < -0.3 is 5.32 Å². The molecule has 1 aromatic rings. The summed E-state index contributed by atoms with van der Waals surface area (Å²) in [5, 5.41) is 13.2. The Kier molecular flexibility index (Phi) is 2.36. The van der Waals surface area contributed by atoms with Gasteiger partial charge in [-0.15, -0.1) is 0 Å². The van der Waals surface area contributed by atoms with E-state index in [4.69, 9.17) is 0 Å². The van der Waals surface area contributed by atoms with Gasteiger partial charge in [-0.05, 0) is 19.0 Å². The van der Waals surface area contributed by atoms with Crippen LogP contribution in [-0.4, -0.2) is 11.5 Å². The van der Waals surface area contributed by atoms with Gasteiger partial charge in [-0.25, -0.2) is 4.39 Å². The summed E-state index contributed by atoms with van der Waals surface area (Å²) < 4.78 is 26.5. The molecule has 1 aromatic carbocycles. The van der Waals surface area contributed by atoms with E-state index >= 15 is 0 Å². The average molecular weight is 214 g/mol. The van der Waals surface area contributed by atoms with Crippen molar-refractivity contribution in [2.45, 2.75) is 12.5 Å². The highest BCUT2D eigenvalue weighted by Gasteiger charge is 2.26. The van der Waals surface area contributed by atoms with Gasteiger partial charge in [0.25, 0.3) is 0 Å². The van der Waals surface area contributed by atoms with Gasteiger partial charge in [0, 0.05) is 11.6 Å². The van der Waals surface area contributed by atoms with E-state index in [1.807, 2.05) is 0 Å². The molecule has 1 N–H and O–H groups in total. The molecule has 0 saturated carbocycles. The van der Waals surface area contributed by atoms with Crippen LogP contribution >= 0.6 is 0 Å². The zero-order valence-electron chi connectivity index (χ0n) is 7.67. The van der Waals surface area contributed by atoms with Crippen LogP contribution in [0, 0.1) is 21.7 Å². The first-order valence-corrected chi connectivity index (χ1v) is 4.46. The van der Waals surface area contributed by atoms with E-state index < -0.39 is 22.2 Å². The van der Waals surface area contributed by atoms with Crippen LogP contribution in [0.15, 0.2) is 12.1 Å². The van der Waals surface area contributed by atoms with Crippen LogP contribution in [-0.2, 0) is 0 Å². The quantitative estimate of drug-likeness (QED) is 0.604. The summed E-state index contributed by atoms with van der Waals surface area (Å²) in [6.45, 7) is 0.753. The molecule has 0 bridgehead atoms. The molecule has 2 rings (SSSR count). The minimum absolute atomic E-state index is 0.157. The second-order valence-electron chi connectivity index (χ2n) is 3.38. The summed E-state index contributed by atoms with van der Waals surface area (Å²) in [5.41, 5.74) is -0.667. The van der Waals surface area contributed by atoms with Gasteiger partial charge in [-0.1, -0.05) is 0 Å². The predicted octanol–water partition coefficient (Wildman–Crippen LogP) is 1.91. The normalized spacial score (nSPS) is 19.7. The third-order valence-corrected chi connectivity index (χ3v) is 2.46. The molecule has 4 nitrogen and oxygen atoms in total. The minimum Gasteiger partial charge on any atom is -0.310 e. The van der Waals surface area contributed by atoms with Crippen molar-refractivity contribution in [1.29, 1.82) is 0 Å². The Morgan fingerprint density at radius 2 is 2.07 bits per heavy atom. The molecule has 1 atom stereocenters. The largest absolute Gasteiger partial charge is 0.310 e. The SMILES string of the molecule is O=[N+]([O-])c1cc(F)c(C2CCN2)cc1F. The summed E-state index contributed by atoms with van der Waals surface area (Å²) >= 11 is 0. The number of nitrogens with zero attached hydrogens (tertiary/aromatic N) is 1. The molecular weight excluding hydrogens is 206 g/mol. The lowest BCUT2D eigenvalue weighted by Crippen LogP contribution is -2.35. The molecule has 0 aromatic heterocycles. The smallest absolute Gasteiger partial charge is 0.307 e. The van der Waals surface area contributed by atoms with E-state index in [2.05, 4.69) is 5.32 Å². The summed E-state index contributed by atoms with van der Waals surface area (Å²) in [5.74, 6) is -1.73.